The maximum atomic E-state index is 4.55. The van der Waals surface area contributed by atoms with Crippen molar-refractivity contribution in [1.29, 1.82) is 0 Å². The Labute approximate surface area is 97.9 Å². The number of pyridine rings is 1. The fourth-order valence-electron chi connectivity index (χ4n) is 1.92. The largest absolute Gasteiger partial charge is 0.368 e. The predicted octanol–water partition coefficient (Wildman–Crippen LogP) is 2.75. The summed E-state index contributed by atoms with van der Waals surface area (Å²) in [6, 6.07) is 6.64. The summed E-state index contributed by atoms with van der Waals surface area (Å²) in [4.78, 5) is 6.58. The second-order valence-electron chi connectivity index (χ2n) is 5.00. The quantitative estimate of drug-likeness (QED) is 0.825. The van der Waals surface area contributed by atoms with Crippen LogP contribution in [0.2, 0.25) is 0 Å². The average Bonchev–Trinajstić information content (AvgIpc) is 3.01. The van der Waals surface area contributed by atoms with E-state index in [9.17, 15) is 0 Å². The summed E-state index contributed by atoms with van der Waals surface area (Å²) in [5.74, 6) is 2.95. The average molecular weight is 219 g/mol. The molecule has 0 saturated heterocycles. The summed E-state index contributed by atoms with van der Waals surface area (Å²) in [6.07, 6.45) is 4.10. The molecule has 1 aliphatic rings. The van der Waals surface area contributed by atoms with E-state index in [2.05, 4.69) is 23.3 Å². The first-order valence-electron chi connectivity index (χ1n) is 6.06. The van der Waals surface area contributed by atoms with Gasteiger partial charge >= 0.3 is 0 Å². The van der Waals surface area contributed by atoms with Gasteiger partial charge in [-0.15, -0.1) is 0 Å². The molecule has 0 bridgehead atoms. The van der Waals surface area contributed by atoms with Crippen LogP contribution in [0.3, 0.4) is 0 Å². The van der Waals surface area contributed by atoms with Gasteiger partial charge in [0.05, 0.1) is 0 Å². The lowest BCUT2D eigenvalue weighted by atomic mass is 10.1. The van der Waals surface area contributed by atoms with Gasteiger partial charge in [0, 0.05) is 20.1 Å². The Morgan fingerprint density at radius 3 is 2.81 bits per heavy atom. The Hall–Kier alpha value is -1.25. The van der Waals surface area contributed by atoms with Crippen LogP contribution in [0, 0.1) is 5.92 Å². The SMILES string of the molecule is CC(CC1CC1)Nc1cccc(N(C)C)n1. The van der Waals surface area contributed by atoms with Crippen molar-refractivity contribution in [2.75, 3.05) is 24.3 Å². The van der Waals surface area contributed by atoms with Crippen LogP contribution >= 0.6 is 0 Å². The topological polar surface area (TPSA) is 28.2 Å². The van der Waals surface area contributed by atoms with Crippen molar-refractivity contribution < 1.29 is 0 Å². The van der Waals surface area contributed by atoms with Gasteiger partial charge in [0.1, 0.15) is 11.6 Å². The zero-order valence-corrected chi connectivity index (χ0v) is 10.4. The van der Waals surface area contributed by atoms with Gasteiger partial charge in [-0.05, 0) is 31.4 Å². The fourth-order valence-corrected chi connectivity index (χ4v) is 1.92. The Morgan fingerprint density at radius 2 is 2.19 bits per heavy atom. The Balaban J connectivity index is 1.94. The first-order chi connectivity index (χ1) is 7.65. The molecule has 1 heterocycles. The van der Waals surface area contributed by atoms with Crippen molar-refractivity contribution in [2.45, 2.75) is 32.2 Å². The van der Waals surface area contributed by atoms with Crippen LogP contribution < -0.4 is 10.2 Å². The summed E-state index contributed by atoms with van der Waals surface area (Å²) in [5.41, 5.74) is 0. The van der Waals surface area contributed by atoms with Gasteiger partial charge in [0.25, 0.3) is 0 Å². The lowest BCUT2D eigenvalue weighted by molar-refractivity contribution is 0.640. The molecule has 1 aliphatic carbocycles. The van der Waals surface area contributed by atoms with Gasteiger partial charge < -0.3 is 10.2 Å². The van der Waals surface area contributed by atoms with E-state index in [0.717, 1.165) is 17.6 Å². The first-order valence-corrected chi connectivity index (χ1v) is 6.06. The van der Waals surface area contributed by atoms with Gasteiger partial charge in [-0.3, -0.25) is 0 Å². The molecular formula is C13H21N3. The fraction of sp³-hybridized carbons (Fsp3) is 0.615. The zero-order valence-electron chi connectivity index (χ0n) is 10.4. The number of aromatic nitrogens is 1. The summed E-state index contributed by atoms with van der Waals surface area (Å²) < 4.78 is 0. The zero-order chi connectivity index (χ0) is 11.5. The molecule has 1 N–H and O–H groups in total. The van der Waals surface area contributed by atoms with Crippen molar-refractivity contribution in [1.82, 2.24) is 4.98 Å². The highest BCUT2D eigenvalue weighted by Gasteiger charge is 2.23. The maximum Gasteiger partial charge on any atom is 0.130 e. The summed E-state index contributed by atoms with van der Waals surface area (Å²) in [7, 11) is 4.03. The molecule has 1 unspecified atom stereocenters. The molecule has 3 nitrogen and oxygen atoms in total. The number of nitrogens with one attached hydrogen (secondary N) is 1. The van der Waals surface area contributed by atoms with Gasteiger partial charge in [-0.1, -0.05) is 18.9 Å². The molecule has 1 saturated carbocycles. The lowest BCUT2D eigenvalue weighted by Crippen LogP contribution is -2.18. The van der Waals surface area contributed by atoms with E-state index in [4.69, 9.17) is 0 Å². The van der Waals surface area contributed by atoms with Crippen LogP contribution in [0.5, 0.6) is 0 Å². The number of anilines is 2. The molecule has 1 atom stereocenters. The standard InChI is InChI=1S/C13H21N3/c1-10(9-11-7-8-11)14-12-5-4-6-13(15-12)16(2)3/h4-6,10-11H,7-9H2,1-3H3,(H,14,15). The second-order valence-corrected chi connectivity index (χ2v) is 5.00. The lowest BCUT2D eigenvalue weighted by Gasteiger charge is -2.16. The maximum absolute atomic E-state index is 4.55. The number of rotatable bonds is 5. The van der Waals surface area contributed by atoms with Crippen LogP contribution in [0.25, 0.3) is 0 Å². The molecule has 0 radical (unpaired) electrons. The van der Waals surface area contributed by atoms with Crippen molar-refractivity contribution in [2.24, 2.45) is 5.92 Å². The van der Waals surface area contributed by atoms with Crippen LogP contribution in [0.1, 0.15) is 26.2 Å². The highest BCUT2D eigenvalue weighted by atomic mass is 15.2. The van der Waals surface area contributed by atoms with E-state index in [-0.39, 0.29) is 0 Å². The van der Waals surface area contributed by atoms with Gasteiger partial charge in [-0.25, -0.2) is 4.98 Å². The third-order valence-electron chi connectivity index (χ3n) is 2.97. The Kier molecular flexibility index (Phi) is 3.32. The van der Waals surface area contributed by atoms with E-state index >= 15 is 0 Å². The first kappa shape index (κ1) is 11.2. The van der Waals surface area contributed by atoms with E-state index in [1.807, 2.05) is 31.1 Å². The van der Waals surface area contributed by atoms with Crippen LogP contribution in [0.4, 0.5) is 11.6 Å². The van der Waals surface area contributed by atoms with Gasteiger partial charge in [-0.2, -0.15) is 0 Å². The van der Waals surface area contributed by atoms with Gasteiger partial charge in [0.15, 0.2) is 0 Å². The van der Waals surface area contributed by atoms with Crippen molar-refractivity contribution in [3.63, 3.8) is 0 Å². The van der Waals surface area contributed by atoms with Gasteiger partial charge in [0.2, 0.25) is 0 Å². The van der Waals surface area contributed by atoms with Crippen LogP contribution in [0.15, 0.2) is 18.2 Å². The number of nitrogens with zero attached hydrogens (tertiary/aromatic N) is 2. The smallest absolute Gasteiger partial charge is 0.130 e. The molecular weight excluding hydrogens is 198 g/mol. The van der Waals surface area contributed by atoms with E-state index in [0.29, 0.717) is 6.04 Å². The highest BCUT2D eigenvalue weighted by molar-refractivity contribution is 5.46. The molecule has 88 valence electrons. The molecule has 3 heteroatoms. The Morgan fingerprint density at radius 1 is 1.44 bits per heavy atom. The molecule has 0 amide bonds. The van der Waals surface area contributed by atoms with Crippen LogP contribution in [-0.2, 0) is 0 Å². The molecule has 0 aromatic carbocycles. The van der Waals surface area contributed by atoms with E-state index < -0.39 is 0 Å². The molecule has 0 aliphatic heterocycles. The van der Waals surface area contributed by atoms with E-state index in [1.165, 1.54) is 19.3 Å². The number of hydrogen-bond acceptors (Lipinski definition) is 3. The third kappa shape index (κ3) is 3.12. The Bertz CT molecular complexity index is 345. The van der Waals surface area contributed by atoms with Crippen LogP contribution in [-0.4, -0.2) is 25.1 Å². The second kappa shape index (κ2) is 4.73. The summed E-state index contributed by atoms with van der Waals surface area (Å²) in [5, 5.41) is 3.47. The predicted molar refractivity (Wildman–Crippen MR) is 69.0 cm³/mol. The molecule has 2 rings (SSSR count). The molecule has 1 aromatic heterocycles. The highest BCUT2D eigenvalue weighted by Crippen LogP contribution is 2.33. The minimum absolute atomic E-state index is 0.525. The van der Waals surface area contributed by atoms with Crippen molar-refractivity contribution >= 4 is 11.6 Å². The number of hydrogen-bond donors (Lipinski definition) is 1. The monoisotopic (exact) mass is 219 g/mol. The molecule has 1 fully saturated rings. The summed E-state index contributed by atoms with van der Waals surface area (Å²) >= 11 is 0. The van der Waals surface area contributed by atoms with Crippen molar-refractivity contribution in [3.8, 4) is 0 Å². The molecule has 0 spiro atoms. The summed E-state index contributed by atoms with van der Waals surface area (Å²) in [6.45, 7) is 2.24. The normalized spacial score (nSPS) is 16.9. The minimum Gasteiger partial charge on any atom is -0.368 e. The van der Waals surface area contributed by atoms with Crippen molar-refractivity contribution in [3.05, 3.63) is 18.2 Å². The molecule has 16 heavy (non-hydrogen) atoms. The molecule has 1 aromatic rings. The third-order valence-corrected chi connectivity index (χ3v) is 2.97. The minimum atomic E-state index is 0.525. The van der Waals surface area contributed by atoms with E-state index in [1.54, 1.807) is 0 Å².